The quantitative estimate of drug-likeness (QED) is 0.365. The lowest BCUT2D eigenvalue weighted by Crippen LogP contribution is -2.56. The highest BCUT2D eigenvalue weighted by Crippen LogP contribution is 2.42. The van der Waals surface area contributed by atoms with Crippen LogP contribution in [0, 0.1) is 0 Å². The summed E-state index contributed by atoms with van der Waals surface area (Å²) in [6, 6.07) is 0. The fourth-order valence-corrected chi connectivity index (χ4v) is 0.932. The highest BCUT2D eigenvalue weighted by molar-refractivity contribution is 5.82. The highest BCUT2D eigenvalue weighted by Gasteiger charge is 2.72. The van der Waals surface area contributed by atoms with Gasteiger partial charge in [-0.25, -0.2) is 28.8 Å². The number of carbonyl (C=O) groups excluding carboxylic acids is 2. The van der Waals surface area contributed by atoms with Gasteiger partial charge in [0.25, 0.3) is 0 Å². The monoisotopic (exact) mass is 458 g/mol. The Labute approximate surface area is 140 Å². The molecule has 0 fully saturated rings. The van der Waals surface area contributed by atoms with Gasteiger partial charge in [0.2, 0.25) is 0 Å². The van der Waals surface area contributed by atoms with Crippen LogP contribution in [0.25, 0.3) is 0 Å². The van der Waals surface area contributed by atoms with Crippen LogP contribution in [0.2, 0.25) is 0 Å². The van der Waals surface area contributed by atoms with E-state index in [0.717, 1.165) is 0 Å². The molecule has 0 spiro atoms. The van der Waals surface area contributed by atoms with Crippen molar-refractivity contribution in [2.45, 2.75) is 36.8 Å². The molecule has 6 nitrogen and oxygen atoms in total. The van der Waals surface area contributed by atoms with Gasteiger partial charge in [0, 0.05) is 0 Å². The van der Waals surface area contributed by atoms with Crippen LogP contribution in [0.4, 0.5) is 61.5 Å². The summed E-state index contributed by atoms with van der Waals surface area (Å²) in [5.74, 6) is -21.3. The Balaban J connectivity index is 5.63. The summed E-state index contributed by atoms with van der Waals surface area (Å²) in [6.45, 7) is 0. The van der Waals surface area contributed by atoms with Crippen molar-refractivity contribution in [3.05, 3.63) is 0 Å². The maximum absolute atomic E-state index is 13.2. The third-order valence-electron chi connectivity index (χ3n) is 1.96. The summed E-state index contributed by atoms with van der Waals surface area (Å²) in [6.07, 6.45) is -27.2. The smallest absolute Gasteiger partial charge is 0.240 e. The number of alkyl halides is 14. The molecule has 0 N–H and O–H groups in total. The maximum Gasteiger partial charge on any atom is 0.525 e. The minimum atomic E-state index is -6.98. The first kappa shape index (κ1) is 25.9. The van der Waals surface area contributed by atoms with E-state index < -0.39 is 48.7 Å². The van der Waals surface area contributed by atoms with E-state index in [4.69, 9.17) is 0 Å². The van der Waals surface area contributed by atoms with Crippen molar-refractivity contribution in [2.24, 2.45) is 0 Å². The zero-order chi connectivity index (χ0) is 23.0. The third kappa shape index (κ3) is 6.21. The molecule has 2 atom stereocenters. The molecule has 0 amide bonds. The van der Waals surface area contributed by atoms with Crippen molar-refractivity contribution in [1.29, 1.82) is 0 Å². The Kier molecular flexibility index (Phi) is 6.81. The molecule has 20 heteroatoms. The number of carbonyl (C=O) groups is 2. The van der Waals surface area contributed by atoms with Crippen LogP contribution in [-0.2, 0) is 28.8 Å². The van der Waals surface area contributed by atoms with Gasteiger partial charge in [-0.3, -0.25) is 0 Å². The molecule has 0 aliphatic heterocycles. The van der Waals surface area contributed by atoms with Crippen molar-refractivity contribution in [1.82, 2.24) is 0 Å². The Morgan fingerprint density at radius 1 is 0.464 bits per heavy atom. The number of ether oxygens (including phenoxy) is 2. The molecule has 0 aromatic carbocycles. The molecule has 0 heterocycles. The number of hydrogen-bond donors (Lipinski definition) is 0. The topological polar surface area (TPSA) is 71.1 Å². The molecule has 0 aliphatic rings. The normalized spacial score (nSPS) is 18.1. The first-order chi connectivity index (χ1) is 12.0. The first-order valence-electron chi connectivity index (χ1n) is 5.45. The fourth-order valence-electron chi connectivity index (χ4n) is 0.932. The molecule has 0 saturated heterocycles. The lowest BCUT2D eigenvalue weighted by atomic mass is 10.3. The van der Waals surface area contributed by atoms with E-state index in [1.807, 2.05) is 0 Å². The Bertz CT molecular complexity index is 537. The van der Waals surface area contributed by atoms with E-state index >= 15 is 0 Å². The van der Waals surface area contributed by atoms with Gasteiger partial charge in [-0.1, -0.05) is 0 Å². The summed E-state index contributed by atoms with van der Waals surface area (Å²) in [4.78, 5) is 25.9. The Morgan fingerprint density at radius 3 is 0.821 bits per heavy atom. The predicted molar refractivity (Wildman–Crippen MR) is 46.3 cm³/mol. The van der Waals surface area contributed by atoms with E-state index in [-0.39, 0.29) is 0 Å². The Hall–Kier alpha value is -2.12. The second-order valence-electron chi connectivity index (χ2n) is 4.02. The molecule has 0 aliphatic carbocycles. The van der Waals surface area contributed by atoms with Crippen molar-refractivity contribution >= 4 is 11.9 Å². The lowest BCUT2D eigenvalue weighted by molar-refractivity contribution is -0.451. The second-order valence-corrected chi connectivity index (χ2v) is 4.02. The zero-order valence-electron chi connectivity index (χ0n) is 11.7. The Morgan fingerprint density at radius 2 is 0.679 bits per heavy atom. The van der Waals surface area contributed by atoms with E-state index in [2.05, 4.69) is 9.78 Å². The number of halogens is 14. The number of hydrogen-bond acceptors (Lipinski definition) is 6. The molecule has 0 saturated carbocycles. The van der Waals surface area contributed by atoms with Gasteiger partial charge < -0.3 is 0 Å². The molecule has 0 bridgehead atoms. The molecular weight excluding hydrogens is 458 g/mol. The van der Waals surface area contributed by atoms with Crippen LogP contribution in [0.15, 0.2) is 0 Å². The van der Waals surface area contributed by atoms with Gasteiger partial charge in [0.1, 0.15) is 0 Å². The molecule has 0 aromatic rings. The van der Waals surface area contributed by atoms with Gasteiger partial charge in [-0.05, 0) is 0 Å². The average molecular weight is 458 g/mol. The minimum Gasteiger partial charge on any atom is -0.240 e. The van der Waals surface area contributed by atoms with Gasteiger partial charge in [0.05, 0.1) is 0 Å². The zero-order valence-corrected chi connectivity index (χ0v) is 11.7. The second kappa shape index (κ2) is 7.37. The van der Waals surface area contributed by atoms with Gasteiger partial charge >= 0.3 is 48.7 Å². The summed E-state index contributed by atoms with van der Waals surface area (Å²) < 4.78 is 173. The fraction of sp³-hybridized carbons (Fsp3) is 0.750. The van der Waals surface area contributed by atoms with E-state index in [1.165, 1.54) is 0 Å². The van der Waals surface area contributed by atoms with Crippen molar-refractivity contribution in [2.75, 3.05) is 0 Å². The minimum absolute atomic E-state index is 1.73. The molecule has 0 unspecified atom stereocenters. The van der Waals surface area contributed by atoms with Crippen LogP contribution in [-0.4, -0.2) is 48.7 Å². The van der Waals surface area contributed by atoms with Crippen LogP contribution in [0.3, 0.4) is 0 Å². The molecule has 28 heavy (non-hydrogen) atoms. The SMILES string of the molecule is O=C(OOC(=O)[C@@](F)(OC(F)(F)F)C(F)(F)F)[C@](F)(OC(F)(F)F)C(F)(F)F. The summed E-state index contributed by atoms with van der Waals surface area (Å²) in [5.41, 5.74) is 0. The molecule has 166 valence electrons. The lowest BCUT2D eigenvalue weighted by Gasteiger charge is -2.27. The molecule has 0 radical (unpaired) electrons. The van der Waals surface area contributed by atoms with Gasteiger partial charge in [-0.15, -0.1) is 26.3 Å². The van der Waals surface area contributed by atoms with Crippen LogP contribution in [0.1, 0.15) is 0 Å². The summed E-state index contributed by atoms with van der Waals surface area (Å²) in [5, 5.41) is 0. The van der Waals surface area contributed by atoms with E-state index in [1.54, 1.807) is 9.47 Å². The predicted octanol–water partition coefficient (Wildman–Crippen LogP) is 3.52. The highest BCUT2D eigenvalue weighted by atomic mass is 19.4. The first-order valence-corrected chi connectivity index (χ1v) is 5.45. The van der Waals surface area contributed by atoms with Crippen molar-refractivity contribution in [3.8, 4) is 0 Å². The average Bonchev–Trinajstić information content (AvgIpc) is 2.37. The van der Waals surface area contributed by atoms with Gasteiger partial charge in [0.15, 0.2) is 0 Å². The van der Waals surface area contributed by atoms with Crippen molar-refractivity contribution < 1.29 is 90.3 Å². The summed E-state index contributed by atoms with van der Waals surface area (Å²) in [7, 11) is 0. The van der Waals surface area contributed by atoms with Gasteiger partial charge in [-0.2, -0.15) is 35.1 Å². The van der Waals surface area contributed by atoms with Crippen molar-refractivity contribution in [3.63, 3.8) is 0 Å². The third-order valence-corrected chi connectivity index (χ3v) is 1.96. The molecular formula is C8F14O6. The maximum atomic E-state index is 13.2. The van der Waals surface area contributed by atoms with E-state index in [0.29, 0.717) is 0 Å². The van der Waals surface area contributed by atoms with Crippen LogP contribution < -0.4 is 0 Å². The largest absolute Gasteiger partial charge is 0.525 e. The van der Waals surface area contributed by atoms with Crippen LogP contribution in [0.5, 0.6) is 0 Å². The van der Waals surface area contributed by atoms with E-state index in [9.17, 15) is 71.1 Å². The summed E-state index contributed by atoms with van der Waals surface area (Å²) >= 11 is 0. The molecule has 0 aromatic heterocycles. The standard InChI is InChI=1S/C8F14O6/c9-3(5(11,12)13,27-7(17,18)19)1(23)25-26-2(24)4(10,6(14,15)16)28-8(20,21)22/t3-,4+. The van der Waals surface area contributed by atoms with Crippen LogP contribution >= 0.6 is 0 Å². The molecule has 0 rings (SSSR count). The number of rotatable bonds is 4.